The lowest BCUT2D eigenvalue weighted by Gasteiger charge is -2.22. The Labute approximate surface area is 262 Å². The number of rotatable bonds is 10. The van der Waals surface area contributed by atoms with E-state index in [-0.39, 0.29) is 5.56 Å². The predicted molar refractivity (Wildman–Crippen MR) is 158 cm³/mol. The Morgan fingerprint density at radius 1 is 0.689 bits per heavy atom. The lowest BCUT2D eigenvalue weighted by molar-refractivity contribution is -0.176. The van der Waals surface area contributed by atoms with Crippen LogP contribution in [0.15, 0.2) is 24.3 Å². The van der Waals surface area contributed by atoms with Crippen LogP contribution in [0.5, 0.6) is 23.0 Å². The second kappa shape index (κ2) is 14.2. The summed E-state index contributed by atoms with van der Waals surface area (Å²) in [5.41, 5.74) is -3.72. The Hall–Kier alpha value is -4.37. The van der Waals surface area contributed by atoms with Crippen molar-refractivity contribution in [2.45, 2.75) is 79.6 Å². The Morgan fingerprint density at radius 2 is 1.09 bits per heavy atom. The zero-order valence-corrected chi connectivity index (χ0v) is 26.9. The fourth-order valence-corrected chi connectivity index (χ4v) is 4.37. The third kappa shape index (κ3) is 9.81. The number of phenols is 4. The van der Waals surface area contributed by atoms with Crippen LogP contribution >= 0.6 is 0 Å². The zero-order valence-electron chi connectivity index (χ0n) is 26.1. The van der Waals surface area contributed by atoms with Crippen LogP contribution in [0.1, 0.15) is 92.5 Å². The summed E-state index contributed by atoms with van der Waals surface area (Å²) in [6.45, 7) is 12.0. The molecule has 2 rings (SSSR count). The number of benzene rings is 2. The minimum atomic E-state index is -2.84. The lowest BCUT2D eigenvalue weighted by atomic mass is 9.97. The Balaban J connectivity index is 2.40. The van der Waals surface area contributed by atoms with Crippen molar-refractivity contribution < 1.29 is 67.3 Å². The molecule has 4 unspecified atom stereocenters. The van der Waals surface area contributed by atoms with Gasteiger partial charge in [-0.1, -0.05) is 0 Å². The van der Waals surface area contributed by atoms with Crippen LogP contribution in [0.3, 0.4) is 0 Å². The number of hydrogen-bond donors (Lipinski definition) is 5. The van der Waals surface area contributed by atoms with Crippen LogP contribution in [0.2, 0.25) is 0 Å². The van der Waals surface area contributed by atoms with Crippen LogP contribution in [0.4, 0.5) is 0 Å². The summed E-state index contributed by atoms with van der Waals surface area (Å²) in [5.74, 6) is -6.61. The molecule has 0 saturated carbocycles. The van der Waals surface area contributed by atoms with Gasteiger partial charge in [0, 0.05) is 25.0 Å². The van der Waals surface area contributed by atoms with Crippen molar-refractivity contribution in [2.24, 2.45) is 10.8 Å². The fourth-order valence-electron chi connectivity index (χ4n) is 3.65. The van der Waals surface area contributed by atoms with Gasteiger partial charge in [-0.15, -0.1) is 0 Å². The molecular formula is C30H38O14S. The molecule has 0 bridgehead atoms. The van der Waals surface area contributed by atoms with Crippen molar-refractivity contribution >= 4 is 35.0 Å². The summed E-state index contributed by atoms with van der Waals surface area (Å²) >= 11 is -2.84. The molecule has 0 aliphatic carbocycles. The van der Waals surface area contributed by atoms with Gasteiger partial charge in [-0.25, -0.2) is 13.8 Å². The van der Waals surface area contributed by atoms with Gasteiger partial charge in [0.1, 0.15) is 34.1 Å². The Morgan fingerprint density at radius 3 is 1.49 bits per heavy atom. The second-order valence-electron chi connectivity index (χ2n) is 12.2. The van der Waals surface area contributed by atoms with E-state index in [1.807, 2.05) is 0 Å². The minimum Gasteiger partial charge on any atom is -0.508 e. The number of ether oxygens (including phenoxy) is 4. The number of hydrogen-bond acceptors (Lipinski definition) is 13. The van der Waals surface area contributed by atoms with E-state index in [9.17, 15) is 48.4 Å². The smallest absolute Gasteiger partial charge is 0.345 e. The van der Waals surface area contributed by atoms with Crippen LogP contribution in [-0.4, -0.2) is 65.6 Å². The number of aromatic hydroxyl groups is 4. The number of phenolic OH excluding ortho intramolecular Hbond substituents is 4. The van der Waals surface area contributed by atoms with E-state index in [1.54, 1.807) is 41.5 Å². The van der Waals surface area contributed by atoms with Crippen LogP contribution in [-0.2, 0) is 46.0 Å². The van der Waals surface area contributed by atoms with Gasteiger partial charge in [-0.3, -0.25) is 9.59 Å². The van der Waals surface area contributed by atoms with Crippen LogP contribution in [0, 0.1) is 10.8 Å². The molecule has 0 aliphatic heterocycles. The summed E-state index contributed by atoms with van der Waals surface area (Å²) < 4.78 is 42.8. The van der Waals surface area contributed by atoms with Gasteiger partial charge in [-0.05, 0) is 72.2 Å². The molecule has 248 valence electrons. The second-order valence-corrected chi connectivity index (χ2v) is 13.3. The molecule has 4 atom stereocenters. The van der Waals surface area contributed by atoms with Crippen molar-refractivity contribution in [1.82, 2.24) is 0 Å². The van der Waals surface area contributed by atoms with Crippen LogP contribution in [0.25, 0.3) is 0 Å². The largest absolute Gasteiger partial charge is 0.508 e. The molecule has 45 heavy (non-hydrogen) atoms. The molecule has 0 radical (unpaired) electrons. The molecule has 0 spiro atoms. The summed E-state index contributed by atoms with van der Waals surface area (Å²) in [5, 5.41) is 40.7. The van der Waals surface area contributed by atoms with Gasteiger partial charge in [-0.2, -0.15) is 0 Å². The highest BCUT2D eigenvalue weighted by molar-refractivity contribution is 7.79. The van der Waals surface area contributed by atoms with E-state index in [2.05, 4.69) is 0 Å². The first-order valence-electron chi connectivity index (χ1n) is 13.6. The SMILES string of the molecule is CC(OC(=O)c1cc(O)cc(CC(c2cc(O)cc(C(=O)OC(C)OC(=O)C(C)(C)C)c2O)S(=O)O)c1O)OC(=O)C(C)(C)C. The van der Waals surface area contributed by atoms with Crippen LogP contribution < -0.4 is 0 Å². The molecule has 0 heterocycles. The summed E-state index contributed by atoms with van der Waals surface area (Å²) in [6, 6.07) is 3.56. The molecule has 14 nitrogen and oxygen atoms in total. The van der Waals surface area contributed by atoms with Crippen molar-refractivity contribution in [2.75, 3.05) is 0 Å². The third-order valence-electron chi connectivity index (χ3n) is 6.05. The van der Waals surface area contributed by atoms with E-state index >= 15 is 0 Å². The number of carbonyl (C=O) groups is 4. The summed E-state index contributed by atoms with van der Waals surface area (Å²) in [4.78, 5) is 49.8. The maximum atomic E-state index is 12.8. The predicted octanol–water partition coefficient (Wildman–Crippen LogP) is 4.20. The maximum Gasteiger partial charge on any atom is 0.345 e. The summed E-state index contributed by atoms with van der Waals surface area (Å²) in [7, 11) is 0. The van der Waals surface area contributed by atoms with E-state index in [0.29, 0.717) is 0 Å². The molecule has 0 amide bonds. The molecule has 0 aromatic heterocycles. The van der Waals surface area contributed by atoms with Gasteiger partial charge in [0.05, 0.1) is 16.1 Å². The van der Waals surface area contributed by atoms with Crippen molar-refractivity contribution in [3.8, 4) is 23.0 Å². The first kappa shape index (κ1) is 36.8. The third-order valence-corrected chi connectivity index (χ3v) is 6.96. The Bertz CT molecular complexity index is 1480. The topological polar surface area (TPSA) is 223 Å². The molecule has 5 N–H and O–H groups in total. The van der Waals surface area contributed by atoms with Gasteiger partial charge >= 0.3 is 23.9 Å². The standard InChI is InChI=1S/C30H38O14S/c1-14(43-27(37)29(3,4)5)41-25(35)20-12-17(31)9-16(23(20)33)10-22(45(39)40)19-11-18(32)13-21(24(19)34)26(36)42-15(2)44-28(38)30(6,7)8/h9,11-15,22,31-34H,10H2,1-8H3,(H,39,40). The van der Waals surface area contributed by atoms with E-state index in [0.717, 1.165) is 24.3 Å². The average molecular weight is 655 g/mol. The van der Waals surface area contributed by atoms with E-state index in [1.165, 1.54) is 13.8 Å². The maximum absolute atomic E-state index is 12.8. The lowest BCUT2D eigenvalue weighted by Crippen LogP contribution is -2.29. The molecule has 2 aromatic rings. The van der Waals surface area contributed by atoms with Gasteiger partial charge < -0.3 is 43.9 Å². The molecule has 2 aromatic carbocycles. The van der Waals surface area contributed by atoms with Gasteiger partial charge in [0.2, 0.25) is 12.6 Å². The Kier molecular flexibility index (Phi) is 11.6. The van der Waals surface area contributed by atoms with E-state index in [4.69, 9.17) is 18.9 Å². The minimum absolute atomic E-state index is 0.261. The highest BCUT2D eigenvalue weighted by Crippen LogP contribution is 2.40. The first-order chi connectivity index (χ1) is 20.5. The fraction of sp³-hybridized carbons (Fsp3) is 0.467. The zero-order chi connectivity index (χ0) is 34.6. The molecular weight excluding hydrogens is 616 g/mol. The number of carbonyl (C=O) groups excluding carboxylic acids is 4. The average Bonchev–Trinajstić information content (AvgIpc) is 2.88. The molecule has 0 saturated heterocycles. The normalized spacial score (nSPS) is 14.4. The van der Waals surface area contributed by atoms with Gasteiger partial charge in [0.25, 0.3) is 0 Å². The highest BCUT2D eigenvalue weighted by Gasteiger charge is 2.32. The van der Waals surface area contributed by atoms with E-state index < -0.39 is 110 Å². The van der Waals surface area contributed by atoms with Crippen molar-refractivity contribution in [3.63, 3.8) is 0 Å². The highest BCUT2D eigenvalue weighted by atomic mass is 32.2. The van der Waals surface area contributed by atoms with Crippen molar-refractivity contribution in [1.29, 1.82) is 0 Å². The molecule has 15 heteroatoms. The molecule has 0 fully saturated rings. The van der Waals surface area contributed by atoms with Crippen molar-refractivity contribution in [3.05, 3.63) is 46.5 Å². The molecule has 0 aliphatic rings. The number of esters is 4. The van der Waals surface area contributed by atoms with Gasteiger partial charge in [0.15, 0.2) is 11.1 Å². The first-order valence-corrected chi connectivity index (χ1v) is 14.7. The monoisotopic (exact) mass is 654 g/mol. The quantitative estimate of drug-likeness (QED) is 0.105. The summed E-state index contributed by atoms with van der Waals surface area (Å²) in [6.07, 6.45) is -3.41.